The Bertz CT molecular complexity index is 288. The van der Waals surface area contributed by atoms with Gasteiger partial charge in [-0.1, -0.05) is 0 Å². The minimum Gasteiger partial charge on any atom is -0.316 e. The summed E-state index contributed by atoms with van der Waals surface area (Å²) in [5.41, 5.74) is 0. The second kappa shape index (κ2) is 7.80. The Balaban J connectivity index is 3.17. The number of rotatable bonds is 7. The van der Waals surface area contributed by atoms with E-state index in [0.717, 1.165) is 32.2 Å². The number of sulfonamides is 1. The van der Waals surface area contributed by atoms with Gasteiger partial charge < -0.3 is 5.32 Å². The molecule has 0 fully saturated rings. The molecule has 14 heavy (non-hydrogen) atoms. The van der Waals surface area contributed by atoms with Crippen LogP contribution in [-0.2, 0) is 10.0 Å². The molecule has 0 bridgehead atoms. The fourth-order valence-electron chi connectivity index (χ4n) is 0.872. The molecule has 0 rings (SSSR count). The molecule has 0 saturated carbocycles. The Kier molecular flexibility index (Phi) is 7.48. The maximum absolute atomic E-state index is 10.7. The van der Waals surface area contributed by atoms with E-state index in [-0.39, 0.29) is 0 Å². The quantitative estimate of drug-likeness (QED) is 0.464. The van der Waals surface area contributed by atoms with Gasteiger partial charge in [0.1, 0.15) is 0 Å². The smallest absolute Gasteiger partial charge is 0.208 e. The zero-order valence-corrected chi connectivity index (χ0v) is 9.58. The molecule has 0 aliphatic heterocycles. The molecule has 2 N–H and O–H groups in total. The SMILES string of the molecule is CC#CCCNCCCNS(C)(=O)=O. The number of hydrogen-bond donors (Lipinski definition) is 2. The van der Waals surface area contributed by atoms with Crippen molar-refractivity contribution in [3.05, 3.63) is 0 Å². The van der Waals surface area contributed by atoms with Crippen molar-refractivity contribution < 1.29 is 8.42 Å². The fourth-order valence-corrected chi connectivity index (χ4v) is 1.39. The Labute approximate surface area is 86.5 Å². The molecule has 0 atom stereocenters. The lowest BCUT2D eigenvalue weighted by Gasteiger charge is -2.02. The molecule has 0 aliphatic rings. The van der Waals surface area contributed by atoms with Crippen LogP contribution in [0, 0.1) is 11.8 Å². The maximum Gasteiger partial charge on any atom is 0.208 e. The summed E-state index contributed by atoms with van der Waals surface area (Å²) in [5.74, 6) is 5.75. The summed E-state index contributed by atoms with van der Waals surface area (Å²) in [5, 5.41) is 3.17. The van der Waals surface area contributed by atoms with Crippen LogP contribution in [0.5, 0.6) is 0 Å². The molecule has 4 nitrogen and oxygen atoms in total. The first-order valence-electron chi connectivity index (χ1n) is 4.61. The molecule has 5 heteroatoms. The molecule has 0 heterocycles. The largest absolute Gasteiger partial charge is 0.316 e. The summed E-state index contributed by atoms with van der Waals surface area (Å²) in [4.78, 5) is 0. The van der Waals surface area contributed by atoms with Crippen LogP contribution < -0.4 is 10.0 Å². The van der Waals surface area contributed by atoms with Gasteiger partial charge >= 0.3 is 0 Å². The van der Waals surface area contributed by atoms with Crippen LogP contribution in [0.3, 0.4) is 0 Å². The van der Waals surface area contributed by atoms with Crippen LogP contribution >= 0.6 is 0 Å². The van der Waals surface area contributed by atoms with E-state index in [9.17, 15) is 8.42 Å². The van der Waals surface area contributed by atoms with Crippen molar-refractivity contribution >= 4 is 10.0 Å². The van der Waals surface area contributed by atoms with E-state index >= 15 is 0 Å². The van der Waals surface area contributed by atoms with Gasteiger partial charge in [0.25, 0.3) is 0 Å². The molecular formula is C9H18N2O2S. The van der Waals surface area contributed by atoms with Crippen LogP contribution in [0.25, 0.3) is 0 Å². The van der Waals surface area contributed by atoms with E-state index in [2.05, 4.69) is 21.9 Å². The monoisotopic (exact) mass is 218 g/mol. The highest BCUT2D eigenvalue weighted by molar-refractivity contribution is 7.88. The van der Waals surface area contributed by atoms with Gasteiger partial charge in [-0.05, 0) is 19.9 Å². The molecule has 0 saturated heterocycles. The maximum atomic E-state index is 10.7. The van der Waals surface area contributed by atoms with Crippen molar-refractivity contribution in [1.82, 2.24) is 10.0 Å². The van der Waals surface area contributed by atoms with Crippen LogP contribution in [0.15, 0.2) is 0 Å². The molecule has 82 valence electrons. The van der Waals surface area contributed by atoms with Gasteiger partial charge in [0.05, 0.1) is 6.26 Å². The first kappa shape index (κ1) is 13.4. The van der Waals surface area contributed by atoms with Gasteiger partial charge in [0.15, 0.2) is 0 Å². The van der Waals surface area contributed by atoms with E-state index in [1.807, 2.05) is 6.92 Å². The van der Waals surface area contributed by atoms with Crippen LogP contribution in [0.1, 0.15) is 19.8 Å². The normalized spacial score (nSPS) is 10.7. The lowest BCUT2D eigenvalue weighted by Crippen LogP contribution is -2.26. The van der Waals surface area contributed by atoms with E-state index in [1.165, 1.54) is 0 Å². The van der Waals surface area contributed by atoms with E-state index in [1.54, 1.807) is 0 Å². The zero-order chi connectivity index (χ0) is 10.9. The number of nitrogens with one attached hydrogen (secondary N) is 2. The number of hydrogen-bond acceptors (Lipinski definition) is 3. The molecule has 0 unspecified atom stereocenters. The third-order valence-electron chi connectivity index (χ3n) is 1.50. The second-order valence-corrected chi connectivity index (χ2v) is 4.78. The van der Waals surface area contributed by atoms with Gasteiger partial charge in [0, 0.05) is 19.5 Å². The molecule has 0 radical (unpaired) electrons. The highest BCUT2D eigenvalue weighted by atomic mass is 32.2. The summed E-state index contributed by atoms with van der Waals surface area (Å²) < 4.78 is 23.7. The molecule has 0 aromatic heterocycles. The van der Waals surface area contributed by atoms with Crippen LogP contribution in [0.2, 0.25) is 0 Å². The zero-order valence-electron chi connectivity index (χ0n) is 8.76. The minimum atomic E-state index is -3.03. The highest BCUT2D eigenvalue weighted by Crippen LogP contribution is 1.79. The van der Waals surface area contributed by atoms with Gasteiger partial charge in [-0.25, -0.2) is 13.1 Å². The molecular weight excluding hydrogens is 200 g/mol. The molecule has 0 aliphatic carbocycles. The van der Waals surface area contributed by atoms with E-state index < -0.39 is 10.0 Å². The lowest BCUT2D eigenvalue weighted by atomic mass is 10.4. The van der Waals surface area contributed by atoms with Crippen LogP contribution in [0.4, 0.5) is 0 Å². The predicted molar refractivity (Wildman–Crippen MR) is 58.4 cm³/mol. The van der Waals surface area contributed by atoms with Crippen LogP contribution in [-0.4, -0.2) is 34.3 Å². The minimum absolute atomic E-state index is 0.491. The average Bonchev–Trinajstić information content (AvgIpc) is 2.08. The molecule has 0 spiro atoms. The summed E-state index contributed by atoms with van der Waals surface area (Å²) in [6.45, 7) is 3.98. The van der Waals surface area contributed by atoms with Crippen molar-refractivity contribution in [3.8, 4) is 11.8 Å². The lowest BCUT2D eigenvalue weighted by molar-refractivity contribution is 0.580. The van der Waals surface area contributed by atoms with E-state index in [4.69, 9.17) is 0 Å². The van der Waals surface area contributed by atoms with Gasteiger partial charge in [0.2, 0.25) is 10.0 Å². The Morgan fingerprint density at radius 3 is 2.50 bits per heavy atom. The van der Waals surface area contributed by atoms with Crippen molar-refractivity contribution in [2.75, 3.05) is 25.9 Å². The van der Waals surface area contributed by atoms with Crippen molar-refractivity contribution in [2.24, 2.45) is 0 Å². The summed E-state index contributed by atoms with van der Waals surface area (Å²) in [6.07, 6.45) is 2.81. The standard InChI is InChI=1S/C9H18N2O2S/c1-3-4-5-7-10-8-6-9-11-14(2,12)13/h10-11H,5-9H2,1-2H3. The van der Waals surface area contributed by atoms with Crippen molar-refractivity contribution in [2.45, 2.75) is 19.8 Å². The second-order valence-electron chi connectivity index (χ2n) is 2.95. The van der Waals surface area contributed by atoms with Gasteiger partial charge in [-0.2, -0.15) is 0 Å². The van der Waals surface area contributed by atoms with E-state index in [0.29, 0.717) is 6.54 Å². The average molecular weight is 218 g/mol. The Hall–Kier alpha value is -0.570. The molecule has 0 aromatic carbocycles. The third kappa shape index (κ3) is 11.4. The van der Waals surface area contributed by atoms with Crippen molar-refractivity contribution in [1.29, 1.82) is 0 Å². The Morgan fingerprint density at radius 2 is 1.93 bits per heavy atom. The summed E-state index contributed by atoms with van der Waals surface area (Å²) in [7, 11) is -3.03. The Morgan fingerprint density at radius 1 is 1.21 bits per heavy atom. The summed E-state index contributed by atoms with van der Waals surface area (Å²) in [6, 6.07) is 0. The predicted octanol–water partition coefficient (Wildman–Crippen LogP) is -0.0713. The topological polar surface area (TPSA) is 58.2 Å². The highest BCUT2D eigenvalue weighted by Gasteiger charge is 1.97. The first-order valence-corrected chi connectivity index (χ1v) is 6.50. The third-order valence-corrected chi connectivity index (χ3v) is 2.23. The van der Waals surface area contributed by atoms with Crippen molar-refractivity contribution in [3.63, 3.8) is 0 Å². The summed E-state index contributed by atoms with van der Waals surface area (Å²) >= 11 is 0. The molecule has 0 aromatic rings. The first-order chi connectivity index (χ1) is 6.56. The molecule has 0 amide bonds. The van der Waals surface area contributed by atoms with Gasteiger partial charge in [-0.3, -0.25) is 0 Å². The van der Waals surface area contributed by atoms with Gasteiger partial charge in [-0.15, -0.1) is 11.8 Å². The fraction of sp³-hybridized carbons (Fsp3) is 0.778.